The number of benzene rings is 2. The maximum Gasteiger partial charge on any atom is 0.325 e. The first-order valence-electron chi connectivity index (χ1n) is 10.3. The van der Waals surface area contributed by atoms with Gasteiger partial charge >= 0.3 is 11.9 Å². The number of rotatable bonds is 7. The molecule has 0 aliphatic carbocycles. The molecular weight excluding hydrogens is 433 g/mol. The van der Waals surface area contributed by atoms with Crippen molar-refractivity contribution in [2.24, 2.45) is 0 Å². The zero-order valence-corrected chi connectivity index (χ0v) is 19.5. The van der Waals surface area contributed by atoms with Crippen LogP contribution in [0.3, 0.4) is 0 Å². The van der Waals surface area contributed by atoms with Crippen LogP contribution >= 0.6 is 0 Å². The van der Waals surface area contributed by atoms with Crippen molar-refractivity contribution >= 4 is 17.6 Å². The van der Waals surface area contributed by atoms with Crippen molar-refractivity contribution in [2.75, 3.05) is 0 Å². The number of esters is 2. The molecule has 0 bridgehead atoms. The Balaban J connectivity index is 2.49. The number of hydrogen-bond acceptors (Lipinski definition) is 7. The van der Waals surface area contributed by atoms with Gasteiger partial charge in [0, 0.05) is 6.07 Å². The lowest BCUT2D eigenvalue weighted by molar-refractivity contribution is -0.385. The molecule has 0 atom stereocenters. The fourth-order valence-corrected chi connectivity index (χ4v) is 2.88. The van der Waals surface area contributed by atoms with Crippen LogP contribution < -0.4 is 4.74 Å². The van der Waals surface area contributed by atoms with Crippen molar-refractivity contribution in [1.82, 2.24) is 0 Å². The Morgan fingerprint density at radius 3 is 2.03 bits per heavy atom. The Labute approximate surface area is 191 Å². The highest BCUT2D eigenvalue weighted by molar-refractivity contribution is 6.02. The minimum atomic E-state index is -1.71. The van der Waals surface area contributed by atoms with Crippen LogP contribution in [-0.4, -0.2) is 28.1 Å². The summed E-state index contributed by atoms with van der Waals surface area (Å²) < 4.78 is 29.8. The standard InChI is InChI=1S/C24H28FNO7/c1-23(2,3)32-21(27)20(22(28)33-24(4,5)6)18-13-17(10-11-19(18)26(29)30)31-14-15-8-7-9-16(25)12-15/h7-13,20H,14H2,1-6H3. The number of nitro benzene ring substituents is 1. The summed E-state index contributed by atoms with van der Waals surface area (Å²) in [5, 5.41) is 11.7. The lowest BCUT2D eigenvalue weighted by Gasteiger charge is -2.26. The first-order valence-corrected chi connectivity index (χ1v) is 10.3. The topological polar surface area (TPSA) is 105 Å². The number of carbonyl (C=O) groups is 2. The van der Waals surface area contributed by atoms with E-state index in [1.165, 1.54) is 30.3 Å². The summed E-state index contributed by atoms with van der Waals surface area (Å²) in [6, 6.07) is 9.46. The van der Waals surface area contributed by atoms with Gasteiger partial charge in [-0.15, -0.1) is 0 Å². The van der Waals surface area contributed by atoms with Gasteiger partial charge in [-0.25, -0.2) is 4.39 Å². The molecule has 0 unspecified atom stereocenters. The van der Waals surface area contributed by atoms with Crippen LogP contribution in [-0.2, 0) is 25.7 Å². The largest absolute Gasteiger partial charge is 0.489 e. The molecule has 0 N–H and O–H groups in total. The van der Waals surface area contributed by atoms with Crippen LogP contribution in [0.5, 0.6) is 5.75 Å². The molecule has 2 rings (SSSR count). The number of ether oxygens (including phenoxy) is 3. The Kier molecular flexibility index (Phi) is 7.79. The molecule has 0 amide bonds. The number of carbonyl (C=O) groups excluding carboxylic acids is 2. The summed E-state index contributed by atoms with van der Waals surface area (Å²) in [5.41, 5.74) is -2.05. The Hall–Kier alpha value is -3.49. The van der Waals surface area contributed by atoms with Crippen LogP contribution in [0.1, 0.15) is 58.6 Å². The molecule has 0 aliphatic rings. The van der Waals surface area contributed by atoms with Gasteiger partial charge in [0.25, 0.3) is 5.69 Å². The van der Waals surface area contributed by atoms with Crippen molar-refractivity contribution in [3.63, 3.8) is 0 Å². The van der Waals surface area contributed by atoms with E-state index in [1.807, 2.05) is 0 Å². The van der Waals surface area contributed by atoms with E-state index in [4.69, 9.17) is 14.2 Å². The molecule has 0 aliphatic heterocycles. The van der Waals surface area contributed by atoms with Gasteiger partial charge in [-0.2, -0.15) is 0 Å². The van der Waals surface area contributed by atoms with Gasteiger partial charge in [-0.05, 0) is 71.4 Å². The van der Waals surface area contributed by atoms with Crippen LogP contribution in [0.4, 0.5) is 10.1 Å². The first kappa shape index (κ1) is 25.8. The Morgan fingerprint density at radius 1 is 0.970 bits per heavy atom. The fraction of sp³-hybridized carbons (Fsp3) is 0.417. The average Bonchev–Trinajstić information content (AvgIpc) is 2.63. The SMILES string of the molecule is CC(C)(C)OC(=O)C(C(=O)OC(C)(C)C)c1cc(OCc2cccc(F)c2)ccc1[N+](=O)[O-]. The zero-order chi connectivity index (χ0) is 25.0. The van der Waals surface area contributed by atoms with Gasteiger partial charge in [0.2, 0.25) is 0 Å². The molecule has 0 saturated carbocycles. The van der Waals surface area contributed by atoms with Gasteiger partial charge in [0.1, 0.15) is 29.4 Å². The first-order chi connectivity index (χ1) is 15.2. The summed E-state index contributed by atoms with van der Waals surface area (Å²) in [4.78, 5) is 36.9. The monoisotopic (exact) mass is 461 g/mol. The predicted octanol–water partition coefficient (Wildman–Crippen LogP) is 5.08. The smallest absolute Gasteiger partial charge is 0.325 e. The highest BCUT2D eigenvalue weighted by Gasteiger charge is 2.40. The summed E-state index contributed by atoms with van der Waals surface area (Å²) in [6.07, 6.45) is 0. The van der Waals surface area contributed by atoms with E-state index < -0.39 is 45.5 Å². The summed E-state index contributed by atoms with van der Waals surface area (Å²) in [5.74, 6) is -3.96. The third kappa shape index (κ3) is 7.85. The summed E-state index contributed by atoms with van der Waals surface area (Å²) in [6.45, 7) is 9.66. The molecule has 33 heavy (non-hydrogen) atoms. The van der Waals surface area contributed by atoms with Gasteiger partial charge in [0.15, 0.2) is 5.92 Å². The Bertz CT molecular complexity index is 1010. The molecule has 0 fully saturated rings. The highest BCUT2D eigenvalue weighted by atomic mass is 19.1. The van der Waals surface area contributed by atoms with E-state index in [0.29, 0.717) is 5.56 Å². The predicted molar refractivity (Wildman–Crippen MR) is 118 cm³/mol. The summed E-state index contributed by atoms with van der Waals surface area (Å²) in [7, 11) is 0. The van der Waals surface area contributed by atoms with Crippen LogP contribution in [0.2, 0.25) is 0 Å². The van der Waals surface area contributed by atoms with Crippen molar-refractivity contribution in [1.29, 1.82) is 0 Å². The lowest BCUT2D eigenvalue weighted by Crippen LogP contribution is -2.35. The van der Waals surface area contributed by atoms with Crippen molar-refractivity contribution in [3.05, 3.63) is 69.5 Å². The maximum absolute atomic E-state index is 13.4. The quantitative estimate of drug-likeness (QED) is 0.245. The molecule has 2 aromatic carbocycles. The molecule has 0 saturated heterocycles. The molecule has 8 nitrogen and oxygen atoms in total. The van der Waals surface area contributed by atoms with Crippen molar-refractivity contribution in [2.45, 2.75) is 65.3 Å². The molecule has 0 aromatic heterocycles. The van der Waals surface area contributed by atoms with Crippen molar-refractivity contribution in [3.8, 4) is 5.75 Å². The van der Waals surface area contributed by atoms with E-state index in [9.17, 15) is 24.1 Å². The van der Waals surface area contributed by atoms with Gasteiger partial charge in [-0.1, -0.05) is 12.1 Å². The Morgan fingerprint density at radius 2 is 1.55 bits per heavy atom. The minimum Gasteiger partial charge on any atom is -0.489 e. The normalized spacial score (nSPS) is 11.8. The van der Waals surface area contributed by atoms with Crippen LogP contribution in [0.15, 0.2) is 42.5 Å². The molecule has 0 spiro atoms. The van der Waals surface area contributed by atoms with E-state index >= 15 is 0 Å². The fourth-order valence-electron chi connectivity index (χ4n) is 2.88. The van der Waals surface area contributed by atoms with Crippen molar-refractivity contribution < 1.29 is 33.1 Å². The molecule has 9 heteroatoms. The second-order valence-corrected chi connectivity index (χ2v) is 9.40. The highest BCUT2D eigenvalue weighted by Crippen LogP contribution is 2.34. The van der Waals surface area contributed by atoms with E-state index in [2.05, 4.69) is 0 Å². The number of halogens is 1. The van der Waals surface area contributed by atoms with E-state index in [-0.39, 0.29) is 17.9 Å². The van der Waals surface area contributed by atoms with Gasteiger partial charge < -0.3 is 14.2 Å². The van der Waals surface area contributed by atoms with Crippen LogP contribution in [0.25, 0.3) is 0 Å². The number of nitro groups is 1. The summed E-state index contributed by atoms with van der Waals surface area (Å²) >= 11 is 0. The minimum absolute atomic E-state index is 0.0292. The lowest BCUT2D eigenvalue weighted by atomic mass is 9.96. The second kappa shape index (κ2) is 9.97. The van der Waals surface area contributed by atoms with Gasteiger partial charge in [-0.3, -0.25) is 19.7 Å². The molecule has 2 aromatic rings. The van der Waals surface area contributed by atoms with E-state index in [0.717, 1.165) is 6.07 Å². The number of hydrogen-bond donors (Lipinski definition) is 0. The average molecular weight is 461 g/mol. The number of nitrogens with zero attached hydrogens (tertiary/aromatic N) is 1. The second-order valence-electron chi connectivity index (χ2n) is 9.40. The zero-order valence-electron chi connectivity index (χ0n) is 19.5. The third-order valence-corrected chi connectivity index (χ3v) is 4.09. The van der Waals surface area contributed by atoms with Crippen LogP contribution in [0, 0.1) is 15.9 Å². The van der Waals surface area contributed by atoms with E-state index in [1.54, 1.807) is 47.6 Å². The molecular formula is C24H28FNO7. The molecule has 0 radical (unpaired) electrons. The third-order valence-electron chi connectivity index (χ3n) is 4.09. The molecule has 0 heterocycles. The van der Waals surface area contributed by atoms with Gasteiger partial charge in [0.05, 0.1) is 10.5 Å². The maximum atomic E-state index is 13.4. The molecule has 178 valence electrons.